The van der Waals surface area contributed by atoms with Crippen LogP contribution in [0.15, 0.2) is 0 Å². The van der Waals surface area contributed by atoms with Gasteiger partial charge in [0.2, 0.25) is 0 Å². The van der Waals surface area contributed by atoms with E-state index in [1.807, 2.05) is 0 Å². The standard InChI is InChI=1S/C11H18F3NO3/c1-10(9(16)17,3-2-4-11(12,13)14)15-5-7-18-8-6-15/h2-8H2,1H3,(H,16,17). The molecule has 1 N–H and O–H groups in total. The van der Waals surface area contributed by atoms with Crippen molar-refractivity contribution < 1.29 is 27.8 Å². The Labute approximate surface area is 104 Å². The second-order valence-electron chi connectivity index (χ2n) is 4.65. The lowest BCUT2D eigenvalue weighted by Crippen LogP contribution is -2.56. The number of nitrogens with zero attached hydrogens (tertiary/aromatic N) is 1. The second-order valence-corrected chi connectivity index (χ2v) is 4.65. The Morgan fingerprint density at radius 3 is 2.28 bits per heavy atom. The van der Waals surface area contributed by atoms with Gasteiger partial charge in [-0.25, -0.2) is 0 Å². The Morgan fingerprint density at radius 1 is 1.28 bits per heavy atom. The number of carboxylic acid groups (broad SMARTS) is 1. The summed E-state index contributed by atoms with van der Waals surface area (Å²) in [6.45, 7) is 3.20. The van der Waals surface area contributed by atoms with Gasteiger partial charge in [0.15, 0.2) is 0 Å². The number of alkyl halides is 3. The van der Waals surface area contributed by atoms with E-state index in [4.69, 9.17) is 4.74 Å². The minimum Gasteiger partial charge on any atom is -0.480 e. The number of ether oxygens (including phenoxy) is 1. The maximum atomic E-state index is 12.1. The summed E-state index contributed by atoms with van der Waals surface area (Å²) < 4.78 is 41.4. The van der Waals surface area contributed by atoms with Crippen molar-refractivity contribution in [2.45, 2.75) is 37.9 Å². The number of carbonyl (C=O) groups is 1. The molecule has 0 bridgehead atoms. The van der Waals surface area contributed by atoms with Gasteiger partial charge in [-0.1, -0.05) is 0 Å². The van der Waals surface area contributed by atoms with E-state index in [-0.39, 0.29) is 12.8 Å². The SMILES string of the molecule is CC(CCCC(F)(F)F)(C(=O)O)N1CCOCC1. The van der Waals surface area contributed by atoms with E-state index < -0.39 is 24.1 Å². The molecule has 4 nitrogen and oxygen atoms in total. The van der Waals surface area contributed by atoms with Crippen molar-refractivity contribution in [3.05, 3.63) is 0 Å². The van der Waals surface area contributed by atoms with Crippen molar-refractivity contribution >= 4 is 5.97 Å². The lowest BCUT2D eigenvalue weighted by Gasteiger charge is -2.40. The molecule has 0 aromatic heterocycles. The highest BCUT2D eigenvalue weighted by atomic mass is 19.4. The minimum atomic E-state index is -4.23. The minimum absolute atomic E-state index is 0.0121. The fourth-order valence-corrected chi connectivity index (χ4v) is 2.09. The molecular formula is C11H18F3NO3. The number of hydrogen-bond donors (Lipinski definition) is 1. The van der Waals surface area contributed by atoms with Crippen molar-refractivity contribution in [3.8, 4) is 0 Å². The van der Waals surface area contributed by atoms with Gasteiger partial charge in [0, 0.05) is 19.5 Å². The number of hydrogen-bond acceptors (Lipinski definition) is 3. The maximum Gasteiger partial charge on any atom is 0.389 e. The predicted molar refractivity (Wildman–Crippen MR) is 58.3 cm³/mol. The normalized spacial score (nSPS) is 21.6. The summed E-state index contributed by atoms with van der Waals surface area (Å²) in [6.07, 6.45) is -5.36. The second kappa shape index (κ2) is 5.88. The molecule has 1 aliphatic heterocycles. The molecule has 0 aliphatic carbocycles. The first-order chi connectivity index (χ1) is 8.26. The van der Waals surface area contributed by atoms with E-state index in [1.54, 1.807) is 4.90 Å². The van der Waals surface area contributed by atoms with Crippen LogP contribution in [-0.4, -0.2) is 54.0 Å². The summed E-state index contributed by atoms with van der Waals surface area (Å²) in [5, 5.41) is 9.25. The molecule has 106 valence electrons. The number of halogens is 3. The quantitative estimate of drug-likeness (QED) is 0.828. The smallest absolute Gasteiger partial charge is 0.389 e. The summed E-state index contributed by atoms with van der Waals surface area (Å²) in [5.41, 5.74) is -1.24. The Kier molecular flexibility index (Phi) is 4.98. The molecule has 1 unspecified atom stereocenters. The lowest BCUT2D eigenvalue weighted by molar-refractivity contribution is -0.157. The fraction of sp³-hybridized carbons (Fsp3) is 0.909. The average Bonchev–Trinajstić information content (AvgIpc) is 2.28. The third kappa shape index (κ3) is 4.13. The molecule has 1 saturated heterocycles. The zero-order valence-corrected chi connectivity index (χ0v) is 10.3. The summed E-state index contributed by atoms with van der Waals surface area (Å²) in [6, 6.07) is 0. The first-order valence-electron chi connectivity index (χ1n) is 5.89. The van der Waals surface area contributed by atoms with E-state index in [9.17, 15) is 23.1 Å². The van der Waals surface area contributed by atoms with Crippen molar-refractivity contribution in [1.82, 2.24) is 4.90 Å². The van der Waals surface area contributed by atoms with Gasteiger partial charge in [0.25, 0.3) is 0 Å². The van der Waals surface area contributed by atoms with Crippen molar-refractivity contribution in [2.75, 3.05) is 26.3 Å². The molecule has 0 aromatic rings. The molecule has 18 heavy (non-hydrogen) atoms. The van der Waals surface area contributed by atoms with Gasteiger partial charge in [0.05, 0.1) is 13.2 Å². The van der Waals surface area contributed by atoms with Crippen LogP contribution in [0.4, 0.5) is 13.2 Å². The van der Waals surface area contributed by atoms with Crippen molar-refractivity contribution in [3.63, 3.8) is 0 Å². The Morgan fingerprint density at radius 2 is 1.83 bits per heavy atom. The van der Waals surface area contributed by atoms with Crippen molar-refractivity contribution in [1.29, 1.82) is 0 Å². The van der Waals surface area contributed by atoms with Crippen LogP contribution in [0.25, 0.3) is 0 Å². The summed E-state index contributed by atoms with van der Waals surface area (Å²) >= 11 is 0. The van der Waals surface area contributed by atoms with Crippen LogP contribution in [0.3, 0.4) is 0 Å². The monoisotopic (exact) mass is 269 g/mol. The summed E-state index contributed by atoms with van der Waals surface area (Å²) in [5.74, 6) is -1.08. The Hall–Kier alpha value is -0.820. The largest absolute Gasteiger partial charge is 0.480 e. The van der Waals surface area contributed by atoms with Gasteiger partial charge in [-0.3, -0.25) is 9.69 Å². The van der Waals surface area contributed by atoms with E-state index >= 15 is 0 Å². The van der Waals surface area contributed by atoms with Gasteiger partial charge in [0.1, 0.15) is 5.54 Å². The topological polar surface area (TPSA) is 49.8 Å². The van der Waals surface area contributed by atoms with Crippen LogP contribution in [-0.2, 0) is 9.53 Å². The molecule has 0 saturated carbocycles. The van der Waals surface area contributed by atoms with Crippen molar-refractivity contribution in [2.24, 2.45) is 0 Å². The number of rotatable bonds is 5. The van der Waals surface area contributed by atoms with Gasteiger partial charge < -0.3 is 9.84 Å². The third-order valence-corrected chi connectivity index (χ3v) is 3.29. The van der Waals surface area contributed by atoms with Crippen LogP contribution in [0.5, 0.6) is 0 Å². The van der Waals surface area contributed by atoms with Gasteiger partial charge >= 0.3 is 12.1 Å². The average molecular weight is 269 g/mol. The van der Waals surface area contributed by atoms with E-state index in [2.05, 4.69) is 0 Å². The lowest BCUT2D eigenvalue weighted by atomic mass is 9.92. The predicted octanol–water partition coefficient (Wildman–Crippen LogP) is 1.89. The molecule has 1 atom stereocenters. The molecule has 7 heteroatoms. The molecule has 0 amide bonds. The zero-order chi connectivity index (χ0) is 13.8. The Balaban J connectivity index is 2.59. The van der Waals surface area contributed by atoms with E-state index in [0.29, 0.717) is 26.3 Å². The molecule has 0 radical (unpaired) electrons. The first kappa shape index (κ1) is 15.2. The van der Waals surface area contributed by atoms with Crippen LogP contribution in [0.2, 0.25) is 0 Å². The van der Waals surface area contributed by atoms with E-state index in [1.165, 1.54) is 6.92 Å². The fourth-order valence-electron chi connectivity index (χ4n) is 2.09. The van der Waals surface area contributed by atoms with Crippen LogP contribution < -0.4 is 0 Å². The molecule has 0 aromatic carbocycles. The zero-order valence-electron chi connectivity index (χ0n) is 10.3. The van der Waals surface area contributed by atoms with Gasteiger partial charge in [-0.2, -0.15) is 13.2 Å². The number of carboxylic acids is 1. The molecular weight excluding hydrogens is 251 g/mol. The first-order valence-corrected chi connectivity index (χ1v) is 5.89. The van der Waals surface area contributed by atoms with Gasteiger partial charge in [-0.15, -0.1) is 0 Å². The molecule has 0 spiro atoms. The third-order valence-electron chi connectivity index (χ3n) is 3.29. The Bertz CT molecular complexity index is 290. The van der Waals surface area contributed by atoms with E-state index in [0.717, 1.165) is 0 Å². The molecule has 1 heterocycles. The molecule has 1 aliphatic rings. The highest BCUT2D eigenvalue weighted by Crippen LogP contribution is 2.28. The maximum absolute atomic E-state index is 12.1. The molecule has 1 rings (SSSR count). The highest BCUT2D eigenvalue weighted by molar-refractivity contribution is 5.78. The summed E-state index contributed by atoms with van der Waals surface area (Å²) in [7, 11) is 0. The highest BCUT2D eigenvalue weighted by Gasteiger charge is 2.40. The summed E-state index contributed by atoms with van der Waals surface area (Å²) in [4.78, 5) is 13.0. The number of aliphatic carboxylic acids is 1. The van der Waals surface area contributed by atoms with Crippen LogP contribution in [0, 0.1) is 0 Å². The van der Waals surface area contributed by atoms with Crippen LogP contribution in [0.1, 0.15) is 26.2 Å². The van der Waals surface area contributed by atoms with Crippen LogP contribution >= 0.6 is 0 Å². The van der Waals surface area contributed by atoms with Gasteiger partial charge in [-0.05, 0) is 19.8 Å². The molecule has 1 fully saturated rings. The number of morpholine rings is 1.